The molecule has 1 fully saturated rings. The zero-order chi connectivity index (χ0) is 16.6. The summed E-state index contributed by atoms with van der Waals surface area (Å²) in [6.45, 7) is 3.10. The first-order valence-electron chi connectivity index (χ1n) is 8.04. The highest BCUT2D eigenvalue weighted by atomic mass is 32.1. The van der Waals surface area contributed by atoms with Gasteiger partial charge in [0.25, 0.3) is 0 Å². The van der Waals surface area contributed by atoms with Crippen molar-refractivity contribution in [3.63, 3.8) is 0 Å². The third-order valence-corrected chi connectivity index (χ3v) is 4.30. The van der Waals surface area contributed by atoms with Crippen molar-refractivity contribution in [2.45, 2.75) is 0 Å². The summed E-state index contributed by atoms with van der Waals surface area (Å²) in [6, 6.07) is 20.2. The third-order valence-electron chi connectivity index (χ3n) is 3.82. The van der Waals surface area contributed by atoms with Gasteiger partial charge in [0.05, 0.1) is 18.9 Å². The predicted molar refractivity (Wildman–Crippen MR) is 103 cm³/mol. The number of rotatable bonds is 5. The fraction of sp³-hybridized carbons (Fsp3) is 0.211. The lowest BCUT2D eigenvalue weighted by molar-refractivity contribution is 0.0696. The average Bonchev–Trinajstić information content (AvgIpc) is 2.67. The maximum Gasteiger partial charge on any atom is 0.111 e. The lowest BCUT2D eigenvalue weighted by Gasteiger charge is -2.30. The molecule has 0 amide bonds. The molecule has 5 heteroatoms. The normalized spacial score (nSPS) is 15.0. The molecule has 2 N–H and O–H groups in total. The van der Waals surface area contributed by atoms with Gasteiger partial charge in [-0.15, -0.1) is 0 Å². The molecule has 1 heterocycles. The molecular weight excluding hydrogens is 318 g/mol. The maximum absolute atomic E-state index is 5.74. The van der Waals surface area contributed by atoms with Crippen LogP contribution in [0.4, 0.5) is 5.69 Å². The van der Waals surface area contributed by atoms with Gasteiger partial charge in [-0.2, -0.15) is 0 Å². The first-order valence-corrected chi connectivity index (χ1v) is 8.44. The second-order valence-corrected chi connectivity index (χ2v) is 5.85. The van der Waals surface area contributed by atoms with Crippen molar-refractivity contribution in [1.82, 2.24) is 10.3 Å². The van der Waals surface area contributed by atoms with E-state index in [1.54, 1.807) is 0 Å². The highest BCUT2D eigenvalue weighted by Crippen LogP contribution is 2.19. The van der Waals surface area contributed by atoms with Crippen molar-refractivity contribution in [2.24, 2.45) is 0 Å². The highest BCUT2D eigenvalue weighted by molar-refractivity contribution is 7.81. The van der Waals surface area contributed by atoms with Crippen LogP contribution >= 0.6 is 12.2 Å². The Bertz CT molecular complexity index is 682. The second-order valence-electron chi connectivity index (χ2n) is 5.46. The first-order chi connectivity index (χ1) is 11.8. The van der Waals surface area contributed by atoms with Crippen molar-refractivity contribution < 1.29 is 4.74 Å². The van der Waals surface area contributed by atoms with E-state index in [-0.39, 0.29) is 0 Å². The molecule has 0 bridgehead atoms. The molecule has 0 unspecified atom stereocenters. The number of nitrogens with one attached hydrogen (secondary N) is 2. The van der Waals surface area contributed by atoms with Gasteiger partial charge in [0.1, 0.15) is 4.99 Å². The molecule has 24 heavy (non-hydrogen) atoms. The summed E-state index contributed by atoms with van der Waals surface area (Å²) in [7, 11) is 0. The van der Waals surface area contributed by atoms with E-state index >= 15 is 0 Å². The Morgan fingerprint density at radius 2 is 1.58 bits per heavy atom. The van der Waals surface area contributed by atoms with E-state index in [1.165, 1.54) is 0 Å². The first kappa shape index (κ1) is 16.5. The van der Waals surface area contributed by atoms with E-state index in [9.17, 15) is 0 Å². The Hall–Kier alpha value is -2.37. The summed E-state index contributed by atoms with van der Waals surface area (Å²) in [6.07, 6.45) is 1.93. The summed E-state index contributed by atoms with van der Waals surface area (Å²) < 4.78 is 5.43. The quantitative estimate of drug-likeness (QED) is 0.497. The number of nitrogens with zero attached hydrogens (tertiary/aromatic N) is 1. The molecule has 1 aliphatic heterocycles. The van der Waals surface area contributed by atoms with Crippen LogP contribution in [0.1, 0.15) is 5.56 Å². The number of hydrazine groups is 1. The Kier molecular flexibility index (Phi) is 5.82. The van der Waals surface area contributed by atoms with Crippen LogP contribution in [0.2, 0.25) is 0 Å². The number of para-hydroxylation sites is 1. The molecule has 0 spiro atoms. The summed E-state index contributed by atoms with van der Waals surface area (Å²) in [5, 5.41) is 0. The lowest BCUT2D eigenvalue weighted by atomic mass is 10.1. The smallest absolute Gasteiger partial charge is 0.111 e. The number of hydrogen-bond donors (Lipinski definition) is 2. The minimum absolute atomic E-state index is 0.720. The SMILES string of the molecule is S=C(C(=CNNc1ccccc1)c1ccccc1)N1CCOCC1. The van der Waals surface area contributed by atoms with Gasteiger partial charge in [-0.3, -0.25) is 0 Å². The number of benzene rings is 2. The van der Waals surface area contributed by atoms with Crippen LogP contribution in [-0.2, 0) is 4.74 Å². The minimum atomic E-state index is 0.720. The van der Waals surface area contributed by atoms with Gasteiger partial charge < -0.3 is 20.5 Å². The number of hydrogen-bond acceptors (Lipinski definition) is 4. The van der Waals surface area contributed by atoms with Gasteiger partial charge >= 0.3 is 0 Å². The van der Waals surface area contributed by atoms with Gasteiger partial charge in [-0.05, 0) is 17.7 Å². The van der Waals surface area contributed by atoms with Crippen molar-refractivity contribution in [2.75, 3.05) is 31.7 Å². The predicted octanol–water partition coefficient (Wildman–Crippen LogP) is 3.30. The zero-order valence-corrected chi connectivity index (χ0v) is 14.3. The van der Waals surface area contributed by atoms with Gasteiger partial charge in [-0.1, -0.05) is 60.7 Å². The van der Waals surface area contributed by atoms with Gasteiger partial charge in [-0.25, -0.2) is 0 Å². The van der Waals surface area contributed by atoms with Crippen LogP contribution in [0.25, 0.3) is 5.57 Å². The van der Waals surface area contributed by atoms with Gasteiger partial charge in [0.2, 0.25) is 0 Å². The van der Waals surface area contributed by atoms with Gasteiger partial charge in [0.15, 0.2) is 0 Å². The summed E-state index contributed by atoms with van der Waals surface area (Å²) >= 11 is 5.74. The average molecular weight is 339 g/mol. The minimum Gasteiger partial charge on any atom is -0.378 e. The third kappa shape index (κ3) is 4.34. The molecule has 0 radical (unpaired) electrons. The van der Waals surface area contributed by atoms with E-state index in [0.717, 1.165) is 48.1 Å². The van der Waals surface area contributed by atoms with Gasteiger partial charge in [0, 0.05) is 24.9 Å². The Balaban J connectivity index is 1.76. The fourth-order valence-corrected chi connectivity index (χ4v) is 2.90. The van der Waals surface area contributed by atoms with Crippen molar-refractivity contribution in [3.05, 3.63) is 72.4 Å². The number of ether oxygens (including phenoxy) is 1. The molecular formula is C19H21N3OS. The van der Waals surface area contributed by atoms with E-state index in [2.05, 4.69) is 27.9 Å². The molecule has 4 nitrogen and oxygen atoms in total. The van der Waals surface area contributed by atoms with Crippen LogP contribution < -0.4 is 10.9 Å². The maximum atomic E-state index is 5.74. The number of thiocarbonyl (C=S) groups is 1. The standard InChI is InChI=1S/C19H21N3OS/c24-19(22-11-13-23-14-12-22)18(16-7-3-1-4-8-16)15-20-21-17-9-5-2-6-10-17/h1-10,15,20-21H,11-14H2. The Morgan fingerprint density at radius 1 is 0.958 bits per heavy atom. The largest absolute Gasteiger partial charge is 0.378 e. The van der Waals surface area contributed by atoms with E-state index in [4.69, 9.17) is 17.0 Å². The van der Waals surface area contributed by atoms with Crippen LogP contribution in [0.15, 0.2) is 66.9 Å². The highest BCUT2D eigenvalue weighted by Gasteiger charge is 2.18. The van der Waals surface area contributed by atoms with Crippen LogP contribution in [0.5, 0.6) is 0 Å². The monoisotopic (exact) mass is 339 g/mol. The molecule has 3 rings (SSSR count). The molecule has 0 aliphatic carbocycles. The zero-order valence-electron chi connectivity index (χ0n) is 13.4. The fourth-order valence-electron chi connectivity index (χ4n) is 2.54. The second kappa shape index (κ2) is 8.47. The topological polar surface area (TPSA) is 36.5 Å². The molecule has 0 aromatic heterocycles. The lowest BCUT2D eigenvalue weighted by Crippen LogP contribution is -2.40. The number of morpholine rings is 1. The van der Waals surface area contributed by atoms with E-state index < -0.39 is 0 Å². The molecule has 0 saturated carbocycles. The van der Waals surface area contributed by atoms with Crippen LogP contribution in [-0.4, -0.2) is 36.2 Å². The van der Waals surface area contributed by atoms with E-state index in [0.29, 0.717) is 0 Å². The van der Waals surface area contributed by atoms with Crippen LogP contribution in [0, 0.1) is 0 Å². The molecule has 2 aromatic rings. The molecule has 1 saturated heterocycles. The van der Waals surface area contributed by atoms with Crippen LogP contribution in [0.3, 0.4) is 0 Å². The summed E-state index contributed by atoms with van der Waals surface area (Å²) in [5.74, 6) is 0. The molecule has 1 aliphatic rings. The summed E-state index contributed by atoms with van der Waals surface area (Å²) in [4.78, 5) is 3.04. The summed E-state index contributed by atoms with van der Waals surface area (Å²) in [5.41, 5.74) is 9.42. The van der Waals surface area contributed by atoms with Crippen molar-refractivity contribution in [1.29, 1.82) is 0 Å². The Morgan fingerprint density at radius 3 is 2.25 bits per heavy atom. The van der Waals surface area contributed by atoms with E-state index in [1.807, 2.05) is 54.7 Å². The molecule has 124 valence electrons. The Labute approximate surface area is 148 Å². The van der Waals surface area contributed by atoms with Crippen molar-refractivity contribution >= 4 is 28.5 Å². The molecule has 0 atom stereocenters. The molecule has 2 aromatic carbocycles. The van der Waals surface area contributed by atoms with Crippen molar-refractivity contribution in [3.8, 4) is 0 Å². The number of anilines is 1.